The number of hydrogen-bond donors (Lipinski definition) is 1. The van der Waals surface area contributed by atoms with Crippen molar-refractivity contribution in [3.8, 4) is 0 Å². The quantitative estimate of drug-likeness (QED) is 0.538. The maximum absolute atomic E-state index is 14.4. The monoisotopic (exact) mass is 367 g/mol. The van der Waals surface area contributed by atoms with Crippen LogP contribution in [0.2, 0.25) is 5.02 Å². The van der Waals surface area contributed by atoms with E-state index >= 15 is 0 Å². The number of aromatic nitrogens is 2. The zero-order valence-corrected chi connectivity index (χ0v) is 14.5. The Morgan fingerprint density at radius 2 is 2.17 bits per heavy atom. The van der Waals surface area contributed by atoms with Crippen molar-refractivity contribution in [3.05, 3.63) is 64.8 Å². The third-order valence-corrected chi connectivity index (χ3v) is 3.93. The number of rotatable bonds is 4. The van der Waals surface area contributed by atoms with Crippen LogP contribution in [0.15, 0.2) is 42.9 Å². The predicted octanol–water partition coefficient (Wildman–Crippen LogP) is 4.66. The van der Waals surface area contributed by atoms with Crippen LogP contribution >= 0.6 is 24.0 Å². The van der Waals surface area contributed by atoms with Gasteiger partial charge in [-0.25, -0.2) is 4.39 Å². The van der Waals surface area contributed by atoms with E-state index in [4.69, 9.17) is 21.7 Å². The Morgan fingerprint density at radius 3 is 2.88 bits per heavy atom. The lowest BCUT2D eigenvalue weighted by Gasteiger charge is -2.12. The van der Waals surface area contributed by atoms with E-state index in [9.17, 15) is 4.39 Å². The van der Waals surface area contributed by atoms with Crippen molar-refractivity contribution in [1.82, 2.24) is 9.55 Å². The molecule has 0 unspecified atom stereocenters. The van der Waals surface area contributed by atoms with E-state index in [0.29, 0.717) is 24.3 Å². The van der Waals surface area contributed by atoms with Gasteiger partial charge >= 0.3 is 0 Å². The van der Waals surface area contributed by atoms with Crippen LogP contribution in [0.5, 0.6) is 0 Å². The molecule has 24 heavy (non-hydrogen) atoms. The summed E-state index contributed by atoms with van der Waals surface area (Å²) in [4.78, 5) is 4.10. The molecule has 0 atom stereocenters. The smallest absolute Gasteiger partial charge is 0.213 e. The molecule has 0 fully saturated rings. The second kappa shape index (κ2) is 7.64. The van der Waals surface area contributed by atoms with Crippen LogP contribution in [0.1, 0.15) is 18.1 Å². The van der Waals surface area contributed by atoms with Gasteiger partial charge in [0.1, 0.15) is 5.82 Å². The van der Waals surface area contributed by atoms with Gasteiger partial charge in [-0.15, -0.1) is 12.4 Å². The Morgan fingerprint density at radius 1 is 1.38 bits per heavy atom. The van der Waals surface area contributed by atoms with Gasteiger partial charge in [-0.1, -0.05) is 11.6 Å². The molecule has 3 rings (SSSR count). The Labute approximate surface area is 150 Å². The Hall–Kier alpha value is -2.11. The molecule has 0 bridgehead atoms. The van der Waals surface area contributed by atoms with Crippen molar-refractivity contribution in [3.63, 3.8) is 0 Å². The van der Waals surface area contributed by atoms with Crippen molar-refractivity contribution in [2.45, 2.75) is 13.5 Å². The molecule has 126 valence electrons. The molecule has 0 aliphatic rings. The number of nitrogens with one attached hydrogen (secondary N) is 1. The average Bonchev–Trinajstić information content (AvgIpc) is 2.94. The minimum Gasteiger partial charge on any atom is -0.478 e. The maximum atomic E-state index is 14.4. The molecule has 0 saturated heterocycles. The van der Waals surface area contributed by atoms with Crippen LogP contribution in [0.25, 0.3) is 10.9 Å². The van der Waals surface area contributed by atoms with Gasteiger partial charge < -0.3 is 9.30 Å². The number of fused-ring (bicyclic) bond motifs is 1. The van der Waals surface area contributed by atoms with Crippen molar-refractivity contribution in [1.29, 1.82) is 5.41 Å². The van der Waals surface area contributed by atoms with Gasteiger partial charge in [-0.05, 0) is 31.2 Å². The number of benzene rings is 1. The summed E-state index contributed by atoms with van der Waals surface area (Å²) >= 11 is 6.23. The Balaban J connectivity index is 0.00000208. The van der Waals surface area contributed by atoms with Crippen molar-refractivity contribution >= 4 is 40.8 Å². The summed E-state index contributed by atoms with van der Waals surface area (Å²) in [5.41, 5.74) is 1.62. The molecule has 2 aromatic heterocycles. The van der Waals surface area contributed by atoms with E-state index in [-0.39, 0.29) is 23.3 Å². The molecule has 0 aliphatic heterocycles. The van der Waals surface area contributed by atoms with Crippen LogP contribution in [0.3, 0.4) is 0 Å². The second-order valence-corrected chi connectivity index (χ2v) is 5.47. The molecule has 0 amide bonds. The fraction of sp³-hybridized carbons (Fsp3) is 0.176. The van der Waals surface area contributed by atoms with E-state index in [1.165, 1.54) is 6.07 Å². The third kappa shape index (κ3) is 3.52. The standard InChI is InChI=1S/C17H15ClFN3O.ClH/c1-2-23-17(20)12-7-14(18)13(15(19)8-12)10-22-6-4-11-3-5-21-9-16(11)22;/h3-9,20H,2,10H2,1H3;1H. The highest BCUT2D eigenvalue weighted by molar-refractivity contribution is 6.31. The molecule has 2 heterocycles. The number of halogens is 3. The summed E-state index contributed by atoms with van der Waals surface area (Å²) in [7, 11) is 0. The van der Waals surface area contributed by atoms with Crippen molar-refractivity contribution in [2.24, 2.45) is 0 Å². The predicted molar refractivity (Wildman–Crippen MR) is 95.9 cm³/mol. The molecule has 1 aromatic carbocycles. The lowest BCUT2D eigenvalue weighted by Crippen LogP contribution is -2.08. The molecule has 0 radical (unpaired) electrons. The molecular formula is C17H16Cl2FN3O. The first-order valence-corrected chi connectivity index (χ1v) is 7.56. The normalized spacial score (nSPS) is 10.5. The van der Waals surface area contributed by atoms with Gasteiger partial charge in [0.25, 0.3) is 0 Å². The van der Waals surface area contributed by atoms with E-state index < -0.39 is 5.82 Å². The molecule has 4 nitrogen and oxygen atoms in total. The Bertz CT molecular complexity index is 856. The fourth-order valence-electron chi connectivity index (χ4n) is 2.45. The van der Waals surface area contributed by atoms with Gasteiger partial charge in [0.2, 0.25) is 5.90 Å². The molecule has 1 N–H and O–H groups in total. The summed E-state index contributed by atoms with van der Waals surface area (Å²) < 4.78 is 21.4. The number of pyridine rings is 1. The number of ether oxygens (including phenoxy) is 1. The summed E-state index contributed by atoms with van der Waals surface area (Å²) in [6.07, 6.45) is 5.33. The van der Waals surface area contributed by atoms with Crippen molar-refractivity contribution < 1.29 is 9.13 Å². The number of nitrogens with zero attached hydrogens (tertiary/aromatic N) is 2. The molecule has 3 aromatic rings. The first-order valence-electron chi connectivity index (χ1n) is 7.18. The molecule has 0 saturated carbocycles. The summed E-state index contributed by atoms with van der Waals surface area (Å²) in [5.74, 6) is -0.543. The van der Waals surface area contributed by atoms with Gasteiger partial charge in [0.15, 0.2) is 0 Å². The van der Waals surface area contributed by atoms with E-state index in [1.807, 2.05) is 22.9 Å². The lowest BCUT2D eigenvalue weighted by molar-refractivity contribution is 0.325. The zero-order chi connectivity index (χ0) is 16.4. The molecular weight excluding hydrogens is 352 g/mol. The molecule has 0 aliphatic carbocycles. The van der Waals surface area contributed by atoms with E-state index in [0.717, 1.165) is 10.9 Å². The van der Waals surface area contributed by atoms with E-state index in [1.54, 1.807) is 25.4 Å². The zero-order valence-electron chi connectivity index (χ0n) is 12.9. The SMILES string of the molecule is CCOC(=N)c1cc(F)c(Cn2ccc3ccncc32)c(Cl)c1.Cl. The summed E-state index contributed by atoms with van der Waals surface area (Å²) in [6, 6.07) is 6.68. The van der Waals surface area contributed by atoms with E-state index in [2.05, 4.69) is 4.98 Å². The van der Waals surface area contributed by atoms with Gasteiger partial charge in [-0.2, -0.15) is 0 Å². The largest absolute Gasteiger partial charge is 0.478 e. The second-order valence-electron chi connectivity index (χ2n) is 5.06. The van der Waals surface area contributed by atoms with Crippen LogP contribution < -0.4 is 0 Å². The first kappa shape index (κ1) is 18.2. The van der Waals surface area contributed by atoms with Crippen LogP contribution in [-0.2, 0) is 11.3 Å². The van der Waals surface area contributed by atoms with Crippen LogP contribution in [-0.4, -0.2) is 22.1 Å². The van der Waals surface area contributed by atoms with Gasteiger partial charge in [0, 0.05) is 33.9 Å². The lowest BCUT2D eigenvalue weighted by atomic mass is 10.1. The van der Waals surface area contributed by atoms with Crippen LogP contribution in [0, 0.1) is 11.2 Å². The maximum Gasteiger partial charge on any atom is 0.213 e. The third-order valence-electron chi connectivity index (χ3n) is 3.60. The topological polar surface area (TPSA) is 50.9 Å². The molecule has 7 heteroatoms. The molecule has 0 spiro atoms. The minimum absolute atomic E-state index is 0. The summed E-state index contributed by atoms with van der Waals surface area (Å²) in [5, 5.41) is 9.04. The summed E-state index contributed by atoms with van der Waals surface area (Å²) in [6.45, 7) is 2.41. The highest BCUT2D eigenvalue weighted by atomic mass is 35.5. The average molecular weight is 368 g/mol. The highest BCUT2D eigenvalue weighted by Gasteiger charge is 2.14. The van der Waals surface area contributed by atoms with Crippen molar-refractivity contribution in [2.75, 3.05) is 6.61 Å². The Kier molecular flexibility index (Phi) is 5.80. The number of hydrogen-bond acceptors (Lipinski definition) is 3. The highest BCUT2D eigenvalue weighted by Crippen LogP contribution is 2.25. The first-order chi connectivity index (χ1) is 11.1. The van der Waals surface area contributed by atoms with Gasteiger partial charge in [-0.3, -0.25) is 10.4 Å². The van der Waals surface area contributed by atoms with Crippen LogP contribution in [0.4, 0.5) is 4.39 Å². The fourth-order valence-corrected chi connectivity index (χ4v) is 2.72. The van der Waals surface area contributed by atoms with Gasteiger partial charge in [0.05, 0.1) is 24.9 Å². The minimum atomic E-state index is -0.456.